The van der Waals surface area contributed by atoms with Crippen molar-refractivity contribution in [3.8, 4) is 28.7 Å². The van der Waals surface area contributed by atoms with Gasteiger partial charge in [0.25, 0.3) is 5.91 Å². The molecular formula is C22H25NO8. The van der Waals surface area contributed by atoms with Crippen molar-refractivity contribution < 1.29 is 38.9 Å². The third-order valence-corrected chi connectivity index (χ3v) is 4.28. The number of hydrogen-bond acceptors (Lipinski definition) is 8. The first-order valence-corrected chi connectivity index (χ1v) is 9.39. The third kappa shape index (κ3) is 5.59. The molecule has 2 rings (SSSR count). The first kappa shape index (κ1) is 23.4. The Balaban J connectivity index is 2.59. The molecule has 9 nitrogen and oxygen atoms in total. The van der Waals surface area contributed by atoms with E-state index in [0.29, 0.717) is 34.6 Å². The summed E-state index contributed by atoms with van der Waals surface area (Å²) in [6.07, 6.45) is 1.91. The van der Waals surface area contributed by atoms with Gasteiger partial charge in [0.05, 0.1) is 21.3 Å². The molecule has 0 aliphatic heterocycles. The van der Waals surface area contributed by atoms with E-state index < -0.39 is 11.9 Å². The Labute approximate surface area is 179 Å². The number of phenolic OH excluding ortho intramolecular Hbond substituents is 2. The van der Waals surface area contributed by atoms with Crippen LogP contribution in [0.15, 0.2) is 36.4 Å². The minimum absolute atomic E-state index is 0.159. The maximum absolute atomic E-state index is 12.5. The van der Waals surface area contributed by atoms with E-state index in [2.05, 4.69) is 5.48 Å². The predicted octanol–water partition coefficient (Wildman–Crippen LogP) is 2.93. The number of carbonyl (C=O) groups excluding carboxylic acids is 2. The number of hydroxylamine groups is 1. The Kier molecular flexibility index (Phi) is 8.13. The first-order valence-electron chi connectivity index (χ1n) is 9.39. The molecule has 0 aliphatic carbocycles. The van der Waals surface area contributed by atoms with Crippen LogP contribution < -0.4 is 19.7 Å². The van der Waals surface area contributed by atoms with Crippen molar-refractivity contribution in [3.63, 3.8) is 0 Å². The SMILES string of the molecule is CCCC(=O)ONC(=O)/C=C(\c1ccc(O)c(O)c1)c1ccc(OC)c(OC)c1OC. The molecule has 0 unspecified atom stereocenters. The van der Waals surface area contributed by atoms with Crippen LogP contribution in [0.1, 0.15) is 30.9 Å². The molecule has 31 heavy (non-hydrogen) atoms. The van der Waals surface area contributed by atoms with Crippen molar-refractivity contribution in [1.82, 2.24) is 5.48 Å². The lowest BCUT2D eigenvalue weighted by atomic mass is 9.95. The summed E-state index contributed by atoms with van der Waals surface area (Å²) in [5.41, 5.74) is 3.20. The van der Waals surface area contributed by atoms with Crippen molar-refractivity contribution in [2.75, 3.05) is 21.3 Å². The Morgan fingerprint density at radius 2 is 1.68 bits per heavy atom. The minimum Gasteiger partial charge on any atom is -0.504 e. The maximum Gasteiger partial charge on any atom is 0.332 e. The Hall–Kier alpha value is -3.88. The van der Waals surface area contributed by atoms with Crippen LogP contribution in [-0.2, 0) is 14.4 Å². The van der Waals surface area contributed by atoms with Crippen LogP contribution in [-0.4, -0.2) is 43.4 Å². The number of benzene rings is 2. The van der Waals surface area contributed by atoms with Crippen LogP contribution in [0.4, 0.5) is 0 Å². The highest BCUT2D eigenvalue weighted by Gasteiger charge is 2.21. The number of nitrogens with one attached hydrogen (secondary N) is 1. The number of ether oxygens (including phenoxy) is 3. The van der Waals surface area contributed by atoms with Gasteiger partial charge in [-0.3, -0.25) is 4.79 Å². The lowest BCUT2D eigenvalue weighted by molar-refractivity contribution is -0.156. The van der Waals surface area contributed by atoms with Gasteiger partial charge in [0, 0.05) is 18.1 Å². The molecule has 9 heteroatoms. The summed E-state index contributed by atoms with van der Waals surface area (Å²) in [4.78, 5) is 28.8. The van der Waals surface area contributed by atoms with Crippen LogP contribution in [0.5, 0.6) is 28.7 Å². The monoisotopic (exact) mass is 431 g/mol. The van der Waals surface area contributed by atoms with Gasteiger partial charge in [-0.05, 0) is 41.8 Å². The summed E-state index contributed by atoms with van der Waals surface area (Å²) >= 11 is 0. The molecule has 0 saturated carbocycles. The van der Waals surface area contributed by atoms with Gasteiger partial charge >= 0.3 is 5.97 Å². The summed E-state index contributed by atoms with van der Waals surface area (Å²) in [6, 6.07) is 7.35. The number of phenols is 2. The number of amides is 1. The Morgan fingerprint density at radius 3 is 2.26 bits per heavy atom. The van der Waals surface area contributed by atoms with Crippen LogP contribution in [0.3, 0.4) is 0 Å². The molecule has 3 N–H and O–H groups in total. The number of aromatic hydroxyl groups is 2. The van der Waals surface area contributed by atoms with E-state index in [9.17, 15) is 19.8 Å². The fraction of sp³-hybridized carbons (Fsp3) is 0.273. The zero-order chi connectivity index (χ0) is 23.0. The first-order chi connectivity index (χ1) is 14.9. The number of rotatable bonds is 8. The molecular weight excluding hydrogens is 406 g/mol. The van der Waals surface area contributed by atoms with E-state index in [-0.39, 0.29) is 23.7 Å². The minimum atomic E-state index is -0.719. The molecule has 2 aromatic carbocycles. The van der Waals surface area contributed by atoms with E-state index in [4.69, 9.17) is 19.0 Å². The number of carbonyl (C=O) groups is 2. The van der Waals surface area contributed by atoms with Crippen molar-refractivity contribution >= 4 is 17.4 Å². The highest BCUT2D eigenvalue weighted by atomic mass is 16.7. The quantitative estimate of drug-likeness (QED) is 0.331. The van der Waals surface area contributed by atoms with Gasteiger partial charge in [0.2, 0.25) is 5.75 Å². The summed E-state index contributed by atoms with van der Waals surface area (Å²) in [5, 5.41) is 19.6. The lowest BCUT2D eigenvalue weighted by Gasteiger charge is -2.18. The maximum atomic E-state index is 12.5. The summed E-state index contributed by atoms with van der Waals surface area (Å²) in [6.45, 7) is 1.81. The van der Waals surface area contributed by atoms with Crippen LogP contribution in [0.25, 0.3) is 5.57 Å². The smallest absolute Gasteiger partial charge is 0.332 e. The summed E-state index contributed by atoms with van der Waals surface area (Å²) in [5.74, 6) is -1.00. The summed E-state index contributed by atoms with van der Waals surface area (Å²) < 4.78 is 16.2. The van der Waals surface area contributed by atoms with Gasteiger partial charge in [0.15, 0.2) is 23.0 Å². The average Bonchev–Trinajstić information content (AvgIpc) is 2.77. The van der Waals surface area contributed by atoms with Crippen LogP contribution in [0.2, 0.25) is 0 Å². The second kappa shape index (κ2) is 10.8. The van der Waals surface area contributed by atoms with Crippen molar-refractivity contribution in [2.24, 2.45) is 0 Å². The van der Waals surface area contributed by atoms with Gasteiger partial charge in [-0.25, -0.2) is 4.79 Å². The molecule has 0 bridgehead atoms. The standard InChI is InChI=1S/C22H25NO8/c1-5-6-20(27)31-23-19(26)12-15(13-7-9-16(24)17(25)11-13)14-8-10-18(28-2)22(30-4)21(14)29-3/h7-12,24-25H,5-6H2,1-4H3,(H,23,26)/b15-12+. The molecule has 0 aliphatic rings. The van der Waals surface area contributed by atoms with Crippen molar-refractivity contribution in [2.45, 2.75) is 19.8 Å². The van der Waals surface area contributed by atoms with Gasteiger partial charge in [-0.15, -0.1) is 0 Å². The van der Waals surface area contributed by atoms with Gasteiger partial charge in [-0.1, -0.05) is 13.0 Å². The van der Waals surface area contributed by atoms with Crippen molar-refractivity contribution in [1.29, 1.82) is 0 Å². The number of hydrogen-bond donors (Lipinski definition) is 3. The molecule has 1 amide bonds. The van der Waals surface area contributed by atoms with Gasteiger partial charge < -0.3 is 29.3 Å². The average molecular weight is 431 g/mol. The molecule has 0 radical (unpaired) electrons. The molecule has 0 fully saturated rings. The second-order valence-corrected chi connectivity index (χ2v) is 6.33. The molecule has 0 atom stereocenters. The topological polar surface area (TPSA) is 124 Å². The highest BCUT2D eigenvalue weighted by Crippen LogP contribution is 2.44. The molecule has 166 valence electrons. The van der Waals surface area contributed by atoms with Crippen LogP contribution in [0, 0.1) is 0 Å². The zero-order valence-electron chi connectivity index (χ0n) is 17.7. The van der Waals surface area contributed by atoms with E-state index in [1.54, 1.807) is 12.1 Å². The van der Waals surface area contributed by atoms with E-state index in [0.717, 1.165) is 0 Å². The Morgan fingerprint density at radius 1 is 0.968 bits per heavy atom. The fourth-order valence-corrected chi connectivity index (χ4v) is 2.84. The summed E-state index contributed by atoms with van der Waals surface area (Å²) in [7, 11) is 4.35. The van der Waals surface area contributed by atoms with E-state index >= 15 is 0 Å². The normalized spacial score (nSPS) is 10.9. The zero-order valence-corrected chi connectivity index (χ0v) is 17.7. The molecule has 2 aromatic rings. The van der Waals surface area contributed by atoms with Gasteiger partial charge in [-0.2, -0.15) is 5.48 Å². The molecule has 0 saturated heterocycles. The molecule has 0 heterocycles. The van der Waals surface area contributed by atoms with Gasteiger partial charge in [0.1, 0.15) is 0 Å². The molecule has 0 aromatic heterocycles. The predicted molar refractivity (Wildman–Crippen MR) is 112 cm³/mol. The third-order valence-electron chi connectivity index (χ3n) is 4.28. The Bertz CT molecular complexity index is 984. The van der Waals surface area contributed by atoms with E-state index in [1.807, 2.05) is 6.92 Å². The number of methoxy groups -OCH3 is 3. The fourth-order valence-electron chi connectivity index (χ4n) is 2.84. The van der Waals surface area contributed by atoms with Crippen molar-refractivity contribution in [3.05, 3.63) is 47.5 Å². The molecule has 0 spiro atoms. The second-order valence-electron chi connectivity index (χ2n) is 6.33. The lowest BCUT2D eigenvalue weighted by Crippen LogP contribution is -2.25. The largest absolute Gasteiger partial charge is 0.504 e. The highest BCUT2D eigenvalue weighted by molar-refractivity contribution is 6.00. The van der Waals surface area contributed by atoms with Crippen LogP contribution >= 0.6 is 0 Å². The van der Waals surface area contributed by atoms with E-state index in [1.165, 1.54) is 45.6 Å².